The molecular weight excluding hydrogens is 200 g/mol. The van der Waals surface area contributed by atoms with E-state index in [2.05, 4.69) is 26.0 Å². The summed E-state index contributed by atoms with van der Waals surface area (Å²) in [7, 11) is 0. The van der Waals surface area contributed by atoms with E-state index in [1.54, 1.807) is 6.33 Å². The predicted octanol–water partition coefficient (Wildman–Crippen LogP) is 1.61. The first-order valence-corrected chi connectivity index (χ1v) is 5.13. The molecule has 1 aliphatic carbocycles. The Morgan fingerprint density at radius 3 is 3.25 bits per heavy atom. The molecule has 76 valence electrons. The summed E-state index contributed by atoms with van der Waals surface area (Å²) in [5.74, 6) is 0. The van der Waals surface area contributed by atoms with E-state index in [4.69, 9.17) is 0 Å². The highest BCUT2D eigenvalue weighted by Gasteiger charge is 2.45. The zero-order chi connectivity index (χ0) is 10.6. The maximum absolute atomic E-state index is 4.45. The van der Waals surface area contributed by atoms with E-state index in [9.17, 15) is 0 Å². The van der Waals surface area contributed by atoms with E-state index in [1.807, 2.05) is 30.8 Å². The van der Waals surface area contributed by atoms with Gasteiger partial charge >= 0.3 is 0 Å². The molecule has 0 bridgehead atoms. The van der Waals surface area contributed by atoms with Crippen molar-refractivity contribution in [2.75, 3.05) is 0 Å². The third-order valence-corrected chi connectivity index (χ3v) is 3.29. The number of aliphatic imine (C=N–C) groups is 2. The molecule has 1 spiro atoms. The number of nitrogens with one attached hydrogen (secondary N) is 1. The predicted molar refractivity (Wildman–Crippen MR) is 62.4 cm³/mol. The van der Waals surface area contributed by atoms with E-state index in [0.717, 1.165) is 22.7 Å². The fraction of sp³-hybridized carbons (Fsp3) is 0.0833. The first kappa shape index (κ1) is 7.98. The van der Waals surface area contributed by atoms with E-state index < -0.39 is 0 Å². The second-order valence-corrected chi connectivity index (χ2v) is 4.00. The molecule has 0 saturated carbocycles. The highest BCUT2D eigenvalue weighted by Crippen LogP contribution is 2.43. The van der Waals surface area contributed by atoms with Gasteiger partial charge in [0.1, 0.15) is 5.41 Å². The summed E-state index contributed by atoms with van der Waals surface area (Å²) in [4.78, 5) is 16.1. The number of hydrogen-bond donors (Lipinski definition) is 1. The Hall–Kier alpha value is -2.23. The van der Waals surface area contributed by atoms with Gasteiger partial charge in [0.05, 0.1) is 23.4 Å². The van der Waals surface area contributed by atoms with E-state index >= 15 is 0 Å². The minimum Gasteiger partial charge on any atom is -0.347 e. The summed E-state index contributed by atoms with van der Waals surface area (Å²) >= 11 is 0. The Morgan fingerprint density at radius 1 is 1.25 bits per heavy atom. The third kappa shape index (κ3) is 0.713. The van der Waals surface area contributed by atoms with Crippen molar-refractivity contribution in [1.82, 2.24) is 9.97 Å². The smallest absolute Gasteiger partial charge is 0.102 e. The molecule has 1 unspecified atom stereocenters. The van der Waals surface area contributed by atoms with Crippen molar-refractivity contribution < 1.29 is 0 Å². The minimum atomic E-state index is -0.275. The van der Waals surface area contributed by atoms with Crippen LogP contribution in [0.4, 0.5) is 0 Å². The van der Waals surface area contributed by atoms with Crippen LogP contribution in [0.3, 0.4) is 0 Å². The fourth-order valence-electron chi connectivity index (χ4n) is 2.52. The lowest BCUT2D eigenvalue weighted by atomic mass is 9.71. The Balaban J connectivity index is 2.10. The van der Waals surface area contributed by atoms with Gasteiger partial charge in [-0.1, -0.05) is 0 Å². The van der Waals surface area contributed by atoms with Gasteiger partial charge < -0.3 is 4.98 Å². The second kappa shape index (κ2) is 2.47. The normalized spacial score (nSPS) is 28.2. The molecule has 3 heterocycles. The van der Waals surface area contributed by atoms with Crippen LogP contribution in [0.5, 0.6) is 0 Å². The van der Waals surface area contributed by atoms with Crippen molar-refractivity contribution in [3.63, 3.8) is 0 Å². The third-order valence-electron chi connectivity index (χ3n) is 3.29. The fourth-order valence-corrected chi connectivity index (χ4v) is 2.52. The molecule has 2 aliphatic heterocycles. The van der Waals surface area contributed by atoms with Crippen LogP contribution in [-0.2, 0) is 5.41 Å². The molecule has 1 atom stereocenters. The van der Waals surface area contributed by atoms with E-state index in [1.165, 1.54) is 0 Å². The summed E-state index contributed by atoms with van der Waals surface area (Å²) in [6, 6.07) is 0. The van der Waals surface area contributed by atoms with Crippen LogP contribution in [0.2, 0.25) is 0 Å². The number of H-pyrrole nitrogens is 1. The van der Waals surface area contributed by atoms with Gasteiger partial charge in [-0.3, -0.25) is 9.98 Å². The Kier molecular flexibility index (Phi) is 1.23. The summed E-state index contributed by atoms with van der Waals surface area (Å²) in [5.41, 5.74) is 3.91. The van der Waals surface area contributed by atoms with Gasteiger partial charge in [0.25, 0.3) is 0 Å². The molecule has 1 aromatic heterocycles. The van der Waals surface area contributed by atoms with Crippen LogP contribution in [0, 0.1) is 0 Å². The standard InChI is InChI=1S/C12H8N4/c1-2-10-12(11-9(1)15-7-16-11)3-4-13-5-8(12)6-14-10/h1-7H,(H,15,16). The molecule has 1 aromatic rings. The monoisotopic (exact) mass is 208 g/mol. The number of imidazole rings is 1. The average molecular weight is 208 g/mol. The first-order valence-electron chi connectivity index (χ1n) is 5.13. The van der Waals surface area contributed by atoms with Crippen LogP contribution >= 0.6 is 0 Å². The highest BCUT2D eigenvalue weighted by atomic mass is 14.9. The maximum atomic E-state index is 4.45. The largest absolute Gasteiger partial charge is 0.347 e. The molecule has 0 aromatic carbocycles. The highest BCUT2D eigenvalue weighted by molar-refractivity contribution is 6.18. The van der Waals surface area contributed by atoms with Gasteiger partial charge in [0, 0.05) is 24.2 Å². The van der Waals surface area contributed by atoms with Gasteiger partial charge in [-0.25, -0.2) is 4.98 Å². The number of hydrogen-bond acceptors (Lipinski definition) is 3. The number of aromatic amines is 1. The number of rotatable bonds is 0. The van der Waals surface area contributed by atoms with E-state index in [-0.39, 0.29) is 5.41 Å². The second-order valence-electron chi connectivity index (χ2n) is 4.00. The van der Waals surface area contributed by atoms with Crippen LogP contribution in [0.1, 0.15) is 11.4 Å². The Morgan fingerprint density at radius 2 is 2.25 bits per heavy atom. The van der Waals surface area contributed by atoms with Crippen LogP contribution < -0.4 is 0 Å². The van der Waals surface area contributed by atoms with Gasteiger partial charge in [0.2, 0.25) is 0 Å². The maximum Gasteiger partial charge on any atom is 0.102 e. The van der Waals surface area contributed by atoms with Crippen molar-refractivity contribution in [2.24, 2.45) is 9.98 Å². The molecule has 3 aliphatic rings. The molecule has 16 heavy (non-hydrogen) atoms. The lowest BCUT2D eigenvalue weighted by Crippen LogP contribution is -2.37. The number of nitrogens with zero attached hydrogens (tertiary/aromatic N) is 3. The summed E-state index contributed by atoms with van der Waals surface area (Å²) < 4.78 is 0. The van der Waals surface area contributed by atoms with Crippen molar-refractivity contribution in [3.05, 3.63) is 47.8 Å². The number of aromatic nitrogens is 2. The lowest BCUT2D eigenvalue weighted by molar-refractivity contribution is 0.847. The van der Waals surface area contributed by atoms with Crippen molar-refractivity contribution in [1.29, 1.82) is 0 Å². The number of fused-ring (bicyclic) bond motifs is 1. The SMILES string of the molecule is C1=CC23C(=CN=C2C=Cc2nc[nH]c23)C=N1. The molecule has 0 fully saturated rings. The van der Waals surface area contributed by atoms with E-state index in [0.29, 0.717) is 0 Å². The van der Waals surface area contributed by atoms with Crippen LogP contribution in [0.15, 0.2) is 46.4 Å². The van der Waals surface area contributed by atoms with Crippen molar-refractivity contribution in [3.8, 4) is 0 Å². The Bertz CT molecular complexity index is 627. The van der Waals surface area contributed by atoms with Gasteiger partial charge in [-0.05, 0) is 18.2 Å². The summed E-state index contributed by atoms with van der Waals surface area (Å²) in [6.45, 7) is 0. The molecule has 0 radical (unpaired) electrons. The molecule has 0 amide bonds. The summed E-state index contributed by atoms with van der Waals surface area (Å²) in [5, 5.41) is 0. The zero-order valence-corrected chi connectivity index (χ0v) is 8.38. The van der Waals surface area contributed by atoms with Gasteiger partial charge in [-0.2, -0.15) is 0 Å². The topological polar surface area (TPSA) is 53.4 Å². The molecule has 1 N–H and O–H groups in total. The molecule has 4 heteroatoms. The molecule has 0 saturated heterocycles. The van der Waals surface area contributed by atoms with Crippen molar-refractivity contribution >= 4 is 18.0 Å². The van der Waals surface area contributed by atoms with Gasteiger partial charge in [0.15, 0.2) is 0 Å². The Labute approximate surface area is 91.8 Å². The van der Waals surface area contributed by atoms with Crippen LogP contribution in [0.25, 0.3) is 6.08 Å². The molecule has 4 rings (SSSR count). The zero-order valence-electron chi connectivity index (χ0n) is 8.38. The van der Waals surface area contributed by atoms with Crippen LogP contribution in [-0.4, -0.2) is 21.9 Å². The number of allylic oxidation sites excluding steroid dienone is 3. The first-order chi connectivity index (χ1) is 7.91. The lowest BCUT2D eigenvalue weighted by Gasteiger charge is -2.31. The molecule has 4 nitrogen and oxygen atoms in total. The summed E-state index contributed by atoms with van der Waals surface area (Å²) in [6.07, 6.45) is 13.4. The molecular formula is C12H8N4. The quantitative estimate of drug-likeness (QED) is 0.691. The van der Waals surface area contributed by atoms with Gasteiger partial charge in [-0.15, -0.1) is 0 Å². The average Bonchev–Trinajstić information content (AvgIpc) is 2.92. The minimum absolute atomic E-state index is 0.275. The van der Waals surface area contributed by atoms with Crippen molar-refractivity contribution in [2.45, 2.75) is 5.41 Å².